The van der Waals surface area contributed by atoms with Crippen molar-refractivity contribution in [3.8, 4) is 0 Å². The summed E-state index contributed by atoms with van der Waals surface area (Å²) >= 11 is 6.08. The Bertz CT molecular complexity index is 1090. The molecule has 166 valence electrons. The van der Waals surface area contributed by atoms with Crippen molar-refractivity contribution in [3.63, 3.8) is 0 Å². The maximum Gasteiger partial charge on any atom is 0.414 e. The molecule has 1 amide bonds. The molecule has 2 heterocycles. The van der Waals surface area contributed by atoms with Gasteiger partial charge >= 0.3 is 6.09 Å². The van der Waals surface area contributed by atoms with Gasteiger partial charge in [-0.15, -0.1) is 0 Å². The third-order valence-corrected chi connectivity index (χ3v) is 8.14. The molecule has 2 aromatic carbocycles. The van der Waals surface area contributed by atoms with Crippen LogP contribution in [0.4, 0.5) is 10.5 Å². The van der Waals surface area contributed by atoms with Crippen LogP contribution in [0.1, 0.15) is 44.7 Å². The molecule has 2 aliphatic heterocycles. The van der Waals surface area contributed by atoms with Gasteiger partial charge in [0.25, 0.3) is 0 Å². The average Bonchev–Trinajstić information content (AvgIpc) is 2.73. The smallest absolute Gasteiger partial charge is 0.414 e. The Morgan fingerprint density at radius 1 is 1.03 bits per heavy atom. The zero-order valence-electron chi connectivity index (χ0n) is 18.0. The number of anilines is 1. The van der Waals surface area contributed by atoms with E-state index < -0.39 is 16.1 Å². The fraction of sp³-hybridized carbons (Fsp3) is 0.435. The van der Waals surface area contributed by atoms with Crippen LogP contribution < -0.4 is 4.90 Å². The van der Waals surface area contributed by atoms with Gasteiger partial charge in [-0.25, -0.2) is 13.2 Å². The third-order valence-electron chi connectivity index (χ3n) is 6.00. The first-order chi connectivity index (χ1) is 14.6. The number of fused-ring (bicyclic) bond motifs is 1. The van der Waals surface area contributed by atoms with Gasteiger partial charge < -0.3 is 4.74 Å². The van der Waals surface area contributed by atoms with Crippen LogP contribution in [0.2, 0.25) is 5.02 Å². The number of nitrogens with zero attached hydrogens (tertiary/aromatic N) is 2. The van der Waals surface area contributed by atoms with Crippen LogP contribution in [-0.2, 0) is 26.8 Å². The number of sulfonamides is 1. The van der Waals surface area contributed by atoms with Crippen molar-refractivity contribution < 1.29 is 17.9 Å². The van der Waals surface area contributed by atoms with Gasteiger partial charge in [-0.2, -0.15) is 4.31 Å². The molecule has 0 radical (unpaired) electrons. The second-order valence-electron chi connectivity index (χ2n) is 9.11. The molecule has 0 atom stereocenters. The third kappa shape index (κ3) is 4.31. The maximum absolute atomic E-state index is 13.1. The van der Waals surface area contributed by atoms with Crippen LogP contribution in [0.15, 0.2) is 47.4 Å². The lowest BCUT2D eigenvalue weighted by molar-refractivity contribution is 0.136. The van der Waals surface area contributed by atoms with E-state index in [1.165, 1.54) is 4.31 Å². The number of halogens is 1. The normalized spacial score (nSPS) is 18.6. The second kappa shape index (κ2) is 8.11. The minimum Gasteiger partial charge on any atom is -0.444 e. The molecule has 0 saturated carbocycles. The second-order valence-corrected chi connectivity index (χ2v) is 11.5. The van der Waals surface area contributed by atoms with E-state index in [1.54, 1.807) is 29.2 Å². The summed E-state index contributed by atoms with van der Waals surface area (Å²) in [6, 6.07) is 12.4. The van der Waals surface area contributed by atoms with E-state index in [2.05, 4.69) is 20.8 Å². The molecule has 2 aromatic rings. The Morgan fingerprint density at radius 2 is 1.68 bits per heavy atom. The van der Waals surface area contributed by atoms with Gasteiger partial charge in [0.2, 0.25) is 10.0 Å². The molecule has 4 rings (SSSR count). The molecule has 0 aromatic heterocycles. The number of cyclic esters (lactones) is 1. The van der Waals surface area contributed by atoms with Crippen molar-refractivity contribution in [3.05, 3.63) is 58.6 Å². The highest BCUT2D eigenvalue weighted by Gasteiger charge is 2.37. The van der Waals surface area contributed by atoms with Crippen LogP contribution in [0.5, 0.6) is 0 Å². The van der Waals surface area contributed by atoms with Gasteiger partial charge in [-0.1, -0.05) is 44.5 Å². The highest BCUT2D eigenvalue weighted by Crippen LogP contribution is 2.34. The summed E-state index contributed by atoms with van der Waals surface area (Å²) in [5, 5.41) is 0.593. The quantitative estimate of drug-likeness (QED) is 0.647. The predicted molar refractivity (Wildman–Crippen MR) is 121 cm³/mol. The van der Waals surface area contributed by atoms with E-state index in [1.807, 2.05) is 18.2 Å². The maximum atomic E-state index is 13.1. The van der Waals surface area contributed by atoms with E-state index in [0.29, 0.717) is 35.8 Å². The van der Waals surface area contributed by atoms with Crippen LogP contribution in [0.25, 0.3) is 0 Å². The van der Waals surface area contributed by atoms with Gasteiger partial charge in [0.1, 0.15) is 6.61 Å². The number of piperidine rings is 1. The molecule has 8 heteroatoms. The lowest BCUT2D eigenvalue weighted by atomic mass is 9.87. The number of ether oxygens (including phenoxy) is 1. The number of rotatable bonds is 3. The summed E-state index contributed by atoms with van der Waals surface area (Å²) in [5.74, 6) is 0. The molecule has 0 unspecified atom stereocenters. The molecule has 0 bridgehead atoms. The van der Waals surface area contributed by atoms with Gasteiger partial charge in [0.15, 0.2) is 0 Å². The van der Waals surface area contributed by atoms with Gasteiger partial charge in [-0.3, -0.25) is 4.90 Å². The molecule has 1 fully saturated rings. The van der Waals surface area contributed by atoms with E-state index in [9.17, 15) is 13.2 Å². The molecule has 31 heavy (non-hydrogen) atoms. The highest BCUT2D eigenvalue weighted by atomic mass is 35.5. The van der Waals surface area contributed by atoms with Gasteiger partial charge in [0.05, 0.1) is 10.6 Å². The Kier molecular flexibility index (Phi) is 5.79. The minimum atomic E-state index is -3.58. The van der Waals surface area contributed by atoms with Crippen molar-refractivity contribution in [1.29, 1.82) is 0 Å². The van der Waals surface area contributed by atoms with Crippen molar-refractivity contribution in [2.45, 2.75) is 56.6 Å². The zero-order chi connectivity index (χ0) is 22.4. The van der Waals surface area contributed by atoms with E-state index >= 15 is 0 Å². The summed E-state index contributed by atoms with van der Waals surface area (Å²) in [7, 11) is -3.58. The van der Waals surface area contributed by atoms with E-state index in [-0.39, 0.29) is 18.1 Å². The first-order valence-electron chi connectivity index (χ1n) is 10.4. The number of benzene rings is 2. The predicted octanol–water partition coefficient (Wildman–Crippen LogP) is 4.95. The van der Waals surface area contributed by atoms with Crippen molar-refractivity contribution in [1.82, 2.24) is 4.31 Å². The van der Waals surface area contributed by atoms with Crippen molar-refractivity contribution in [2.24, 2.45) is 0 Å². The van der Waals surface area contributed by atoms with Gasteiger partial charge in [-0.05, 0) is 54.2 Å². The largest absolute Gasteiger partial charge is 0.444 e. The SMILES string of the molecule is CC(C)(C)c1ccc(S(=O)(=O)N2CCC(N3C(=O)OCc4cc(Cl)ccc43)CC2)cc1. The van der Waals surface area contributed by atoms with Gasteiger partial charge in [0, 0.05) is 29.7 Å². The van der Waals surface area contributed by atoms with Crippen LogP contribution >= 0.6 is 11.6 Å². The number of hydrogen-bond acceptors (Lipinski definition) is 4. The van der Waals surface area contributed by atoms with E-state index in [4.69, 9.17) is 16.3 Å². The number of carbonyl (C=O) groups is 1. The van der Waals surface area contributed by atoms with Crippen LogP contribution in [0, 0.1) is 0 Å². The summed E-state index contributed by atoms with van der Waals surface area (Å²) in [6.45, 7) is 7.18. The summed E-state index contributed by atoms with van der Waals surface area (Å²) in [4.78, 5) is 14.4. The Balaban J connectivity index is 1.49. The summed E-state index contributed by atoms with van der Waals surface area (Å²) in [6.07, 6.45) is 0.682. The fourth-order valence-electron chi connectivity index (χ4n) is 4.17. The molecular formula is C23H27ClN2O4S. The average molecular weight is 463 g/mol. The lowest BCUT2D eigenvalue weighted by Gasteiger charge is -2.39. The molecule has 0 aliphatic carbocycles. The van der Waals surface area contributed by atoms with E-state index in [0.717, 1.165) is 16.8 Å². The Morgan fingerprint density at radius 3 is 2.29 bits per heavy atom. The Hall–Kier alpha value is -2.09. The fourth-order valence-corrected chi connectivity index (χ4v) is 5.84. The minimum absolute atomic E-state index is 0.0375. The number of carbonyl (C=O) groups excluding carboxylic acids is 1. The summed E-state index contributed by atoms with van der Waals surface area (Å²) in [5.41, 5.74) is 2.71. The first kappa shape index (κ1) is 22.1. The van der Waals surface area contributed by atoms with Crippen LogP contribution in [-0.4, -0.2) is 37.9 Å². The first-order valence-corrected chi connectivity index (χ1v) is 12.2. The molecule has 0 spiro atoms. The lowest BCUT2D eigenvalue weighted by Crippen LogP contribution is -2.50. The van der Waals surface area contributed by atoms with Crippen molar-refractivity contribution >= 4 is 33.4 Å². The topological polar surface area (TPSA) is 66.9 Å². The zero-order valence-corrected chi connectivity index (χ0v) is 19.5. The van der Waals surface area contributed by atoms with Crippen molar-refractivity contribution in [2.75, 3.05) is 18.0 Å². The summed E-state index contributed by atoms with van der Waals surface area (Å²) < 4.78 is 33.1. The standard InChI is InChI=1S/C23H27ClN2O4S/c1-23(2,3)17-4-7-20(8-5-17)31(28,29)25-12-10-19(11-13-25)26-21-9-6-18(24)14-16(21)15-30-22(26)27/h4-9,14,19H,10-13,15H2,1-3H3. The molecular weight excluding hydrogens is 436 g/mol. The molecule has 0 N–H and O–H groups in total. The highest BCUT2D eigenvalue weighted by molar-refractivity contribution is 7.89. The molecule has 2 aliphatic rings. The monoisotopic (exact) mass is 462 g/mol. The molecule has 1 saturated heterocycles. The number of hydrogen-bond donors (Lipinski definition) is 0. The number of amides is 1. The Labute approximate surface area is 188 Å². The molecule has 6 nitrogen and oxygen atoms in total. The van der Waals surface area contributed by atoms with Crippen LogP contribution in [0.3, 0.4) is 0 Å².